The number of hydroxylamine groups is 4. The van der Waals surface area contributed by atoms with Gasteiger partial charge in [-0.25, -0.2) is 0 Å². The van der Waals surface area contributed by atoms with Gasteiger partial charge in [0.25, 0.3) is 0 Å². The largest absolute Gasteiger partial charge is 0.312 e. The van der Waals surface area contributed by atoms with Crippen molar-refractivity contribution < 1.29 is 10.4 Å². The highest BCUT2D eigenvalue weighted by Crippen LogP contribution is 2.40. The first kappa shape index (κ1) is 11.5. The van der Waals surface area contributed by atoms with Crippen LogP contribution in [0.3, 0.4) is 0 Å². The van der Waals surface area contributed by atoms with Crippen molar-refractivity contribution in [2.24, 2.45) is 0 Å². The van der Waals surface area contributed by atoms with Crippen molar-refractivity contribution in [2.45, 2.75) is 38.5 Å². The third-order valence-corrected chi connectivity index (χ3v) is 3.59. The van der Waals surface area contributed by atoms with Gasteiger partial charge in [0, 0.05) is 0 Å². The van der Waals surface area contributed by atoms with Crippen molar-refractivity contribution in [3.63, 3.8) is 0 Å². The second-order valence-electron chi connectivity index (χ2n) is 4.84. The molecule has 0 bridgehead atoms. The van der Waals surface area contributed by atoms with Crippen LogP contribution >= 0.6 is 0 Å². The standard InChI is InChI=1S/C12H18N2O2/c1-9-12(2,3)14(16)11(13(9)15)10-7-5-4-6-8-10/h4-9,11,15-16H,1-3H3. The van der Waals surface area contributed by atoms with E-state index in [1.54, 1.807) is 0 Å². The molecule has 1 fully saturated rings. The van der Waals surface area contributed by atoms with Crippen molar-refractivity contribution in [1.82, 2.24) is 10.1 Å². The Morgan fingerprint density at radius 3 is 2.12 bits per heavy atom. The maximum Gasteiger partial charge on any atom is 0.136 e. The lowest BCUT2D eigenvalue weighted by atomic mass is 9.98. The Kier molecular flexibility index (Phi) is 2.75. The average molecular weight is 222 g/mol. The number of hydrogen-bond acceptors (Lipinski definition) is 4. The third-order valence-electron chi connectivity index (χ3n) is 3.59. The predicted molar refractivity (Wildman–Crippen MR) is 60.0 cm³/mol. The van der Waals surface area contributed by atoms with Gasteiger partial charge in [0.05, 0.1) is 11.6 Å². The van der Waals surface area contributed by atoms with E-state index in [1.165, 1.54) is 10.1 Å². The molecular weight excluding hydrogens is 204 g/mol. The molecule has 88 valence electrons. The van der Waals surface area contributed by atoms with Crippen LogP contribution in [-0.2, 0) is 0 Å². The molecule has 4 heteroatoms. The number of benzene rings is 1. The molecular formula is C12H18N2O2. The van der Waals surface area contributed by atoms with Crippen LogP contribution in [0.5, 0.6) is 0 Å². The predicted octanol–water partition coefficient (Wildman–Crippen LogP) is 2.25. The Hall–Kier alpha value is -0.940. The van der Waals surface area contributed by atoms with E-state index in [2.05, 4.69) is 0 Å². The van der Waals surface area contributed by atoms with E-state index in [0.717, 1.165) is 5.56 Å². The van der Waals surface area contributed by atoms with E-state index < -0.39 is 11.7 Å². The summed E-state index contributed by atoms with van der Waals surface area (Å²) in [5.74, 6) is 0. The topological polar surface area (TPSA) is 46.9 Å². The zero-order chi connectivity index (χ0) is 11.9. The van der Waals surface area contributed by atoms with Gasteiger partial charge in [-0.1, -0.05) is 30.3 Å². The summed E-state index contributed by atoms with van der Waals surface area (Å²) in [6.45, 7) is 5.71. The summed E-state index contributed by atoms with van der Waals surface area (Å²) in [5, 5.41) is 22.6. The Bertz CT molecular complexity index is 367. The highest BCUT2D eigenvalue weighted by atomic mass is 16.6. The lowest BCUT2D eigenvalue weighted by Gasteiger charge is -2.29. The molecule has 1 aliphatic rings. The lowest BCUT2D eigenvalue weighted by molar-refractivity contribution is -0.218. The van der Waals surface area contributed by atoms with E-state index in [1.807, 2.05) is 51.1 Å². The summed E-state index contributed by atoms with van der Waals surface area (Å²) >= 11 is 0. The molecule has 2 rings (SSSR count). The summed E-state index contributed by atoms with van der Waals surface area (Å²) in [6.07, 6.45) is -0.494. The minimum atomic E-state index is -0.494. The van der Waals surface area contributed by atoms with Crippen LogP contribution in [0.25, 0.3) is 0 Å². The van der Waals surface area contributed by atoms with Gasteiger partial charge in [0.2, 0.25) is 0 Å². The summed E-state index contributed by atoms with van der Waals surface area (Å²) in [7, 11) is 0. The zero-order valence-electron chi connectivity index (χ0n) is 9.83. The highest BCUT2D eigenvalue weighted by molar-refractivity contribution is 5.20. The molecule has 1 saturated heterocycles. The van der Waals surface area contributed by atoms with Crippen LogP contribution in [0.1, 0.15) is 32.5 Å². The van der Waals surface area contributed by atoms with Crippen LogP contribution in [0, 0.1) is 0 Å². The van der Waals surface area contributed by atoms with Crippen LogP contribution in [-0.4, -0.2) is 32.1 Å². The summed E-state index contributed by atoms with van der Waals surface area (Å²) in [4.78, 5) is 0. The van der Waals surface area contributed by atoms with Gasteiger partial charge in [0.1, 0.15) is 6.17 Å². The Balaban J connectivity index is 2.37. The molecule has 1 aromatic carbocycles. The molecule has 0 radical (unpaired) electrons. The van der Waals surface area contributed by atoms with Gasteiger partial charge in [-0.2, -0.15) is 10.1 Å². The maximum atomic E-state index is 10.1. The molecule has 2 atom stereocenters. The second-order valence-corrected chi connectivity index (χ2v) is 4.84. The molecule has 2 N–H and O–H groups in total. The lowest BCUT2D eigenvalue weighted by Crippen LogP contribution is -2.43. The second kappa shape index (κ2) is 3.82. The fourth-order valence-corrected chi connectivity index (χ4v) is 2.07. The van der Waals surface area contributed by atoms with Crippen LogP contribution in [0.2, 0.25) is 0 Å². The monoisotopic (exact) mass is 222 g/mol. The first-order chi connectivity index (χ1) is 7.46. The zero-order valence-corrected chi connectivity index (χ0v) is 9.83. The van der Waals surface area contributed by atoms with E-state index >= 15 is 0 Å². The number of nitrogens with zero attached hydrogens (tertiary/aromatic N) is 2. The minimum absolute atomic E-state index is 0.136. The van der Waals surface area contributed by atoms with Crippen LogP contribution < -0.4 is 0 Å². The van der Waals surface area contributed by atoms with Crippen molar-refractivity contribution in [3.05, 3.63) is 35.9 Å². The quantitative estimate of drug-likeness (QED) is 0.765. The summed E-state index contributed by atoms with van der Waals surface area (Å²) < 4.78 is 0. The van der Waals surface area contributed by atoms with Crippen molar-refractivity contribution in [1.29, 1.82) is 0 Å². The number of rotatable bonds is 1. The molecule has 2 unspecified atom stereocenters. The van der Waals surface area contributed by atoms with Crippen molar-refractivity contribution >= 4 is 0 Å². The molecule has 16 heavy (non-hydrogen) atoms. The Labute approximate surface area is 95.6 Å². The normalized spacial score (nSPS) is 30.8. The summed E-state index contributed by atoms with van der Waals surface area (Å²) in [5.41, 5.74) is 0.403. The van der Waals surface area contributed by atoms with E-state index in [0.29, 0.717) is 0 Å². The smallest absolute Gasteiger partial charge is 0.136 e. The van der Waals surface area contributed by atoms with E-state index in [9.17, 15) is 10.4 Å². The molecule has 4 nitrogen and oxygen atoms in total. The van der Waals surface area contributed by atoms with Crippen LogP contribution in [0.15, 0.2) is 30.3 Å². The van der Waals surface area contributed by atoms with Gasteiger partial charge < -0.3 is 10.4 Å². The maximum absolute atomic E-state index is 10.1. The first-order valence-corrected chi connectivity index (χ1v) is 5.46. The number of hydrogen-bond donors (Lipinski definition) is 2. The van der Waals surface area contributed by atoms with Crippen molar-refractivity contribution in [3.8, 4) is 0 Å². The molecule has 0 spiro atoms. The van der Waals surface area contributed by atoms with E-state index in [4.69, 9.17) is 0 Å². The fourth-order valence-electron chi connectivity index (χ4n) is 2.07. The SMILES string of the molecule is CC1N(O)C(c2ccccc2)N(O)C1(C)C. The van der Waals surface area contributed by atoms with E-state index in [-0.39, 0.29) is 6.04 Å². The van der Waals surface area contributed by atoms with Crippen molar-refractivity contribution in [2.75, 3.05) is 0 Å². The highest BCUT2D eigenvalue weighted by Gasteiger charge is 2.50. The van der Waals surface area contributed by atoms with Crippen LogP contribution in [0.4, 0.5) is 0 Å². The average Bonchev–Trinajstić information content (AvgIpc) is 2.42. The summed E-state index contributed by atoms with van der Waals surface area (Å²) in [6, 6.07) is 9.36. The third kappa shape index (κ3) is 1.55. The van der Waals surface area contributed by atoms with Gasteiger partial charge in [-0.05, 0) is 26.3 Å². The molecule has 0 amide bonds. The molecule has 0 saturated carbocycles. The van der Waals surface area contributed by atoms with Gasteiger partial charge >= 0.3 is 0 Å². The first-order valence-electron chi connectivity index (χ1n) is 5.46. The van der Waals surface area contributed by atoms with Gasteiger partial charge in [0.15, 0.2) is 0 Å². The fraction of sp³-hybridized carbons (Fsp3) is 0.500. The molecule has 1 aliphatic heterocycles. The molecule has 0 aromatic heterocycles. The Morgan fingerprint density at radius 2 is 1.69 bits per heavy atom. The van der Waals surface area contributed by atoms with Gasteiger partial charge in [-0.3, -0.25) is 0 Å². The molecule has 1 aromatic rings. The Morgan fingerprint density at radius 1 is 1.12 bits per heavy atom. The van der Waals surface area contributed by atoms with Gasteiger partial charge in [-0.15, -0.1) is 0 Å². The molecule has 1 heterocycles. The molecule has 0 aliphatic carbocycles. The minimum Gasteiger partial charge on any atom is -0.312 e.